The Bertz CT molecular complexity index is 329. The molecule has 17 heavy (non-hydrogen) atoms. The van der Waals surface area contributed by atoms with Crippen LogP contribution in [0.4, 0.5) is 5.69 Å². The topological polar surface area (TPSA) is 45.6 Å². The van der Waals surface area contributed by atoms with Gasteiger partial charge >= 0.3 is 0 Å². The summed E-state index contributed by atoms with van der Waals surface area (Å²) in [6.45, 7) is 6.81. The highest BCUT2D eigenvalue weighted by Crippen LogP contribution is 2.20. The van der Waals surface area contributed by atoms with Crippen molar-refractivity contribution in [2.75, 3.05) is 31.7 Å². The summed E-state index contributed by atoms with van der Waals surface area (Å²) in [7, 11) is 1.70. The summed E-state index contributed by atoms with van der Waals surface area (Å²) in [6.07, 6.45) is 3.52. The van der Waals surface area contributed by atoms with Gasteiger partial charge in [-0.15, -0.1) is 0 Å². The molecule has 0 radical (unpaired) electrons. The van der Waals surface area contributed by atoms with Crippen molar-refractivity contribution in [3.8, 4) is 0 Å². The number of aliphatic hydroxyl groups is 1. The second-order valence-electron chi connectivity index (χ2n) is 4.50. The van der Waals surface area contributed by atoms with E-state index in [2.05, 4.69) is 23.7 Å². The fourth-order valence-corrected chi connectivity index (χ4v) is 1.79. The molecule has 1 aromatic heterocycles. The van der Waals surface area contributed by atoms with Crippen LogP contribution in [0.2, 0.25) is 0 Å². The molecule has 0 aliphatic heterocycles. The second kappa shape index (κ2) is 7.25. The summed E-state index contributed by atoms with van der Waals surface area (Å²) in [4.78, 5) is 6.35. The molecule has 0 saturated carbocycles. The molecule has 1 heterocycles. The number of nitrogens with zero attached hydrogens (tertiary/aromatic N) is 2. The van der Waals surface area contributed by atoms with Gasteiger partial charge in [-0.3, -0.25) is 4.98 Å². The van der Waals surface area contributed by atoms with Crippen molar-refractivity contribution in [2.24, 2.45) is 5.92 Å². The molecule has 1 aromatic rings. The Morgan fingerprint density at radius 3 is 2.82 bits per heavy atom. The van der Waals surface area contributed by atoms with Crippen molar-refractivity contribution in [3.63, 3.8) is 0 Å². The van der Waals surface area contributed by atoms with Gasteiger partial charge in [0.15, 0.2) is 0 Å². The third-order valence-corrected chi connectivity index (χ3v) is 2.55. The highest BCUT2D eigenvalue weighted by Gasteiger charge is 2.12. The fourth-order valence-electron chi connectivity index (χ4n) is 1.79. The van der Waals surface area contributed by atoms with E-state index in [1.165, 1.54) is 0 Å². The maximum absolute atomic E-state index is 9.34. The van der Waals surface area contributed by atoms with Crippen molar-refractivity contribution in [3.05, 3.63) is 24.0 Å². The van der Waals surface area contributed by atoms with E-state index in [1.54, 1.807) is 13.3 Å². The van der Waals surface area contributed by atoms with Gasteiger partial charge in [-0.2, -0.15) is 0 Å². The molecule has 96 valence electrons. The summed E-state index contributed by atoms with van der Waals surface area (Å²) in [5.41, 5.74) is 1.91. The second-order valence-corrected chi connectivity index (χ2v) is 4.50. The average molecular weight is 238 g/mol. The first-order chi connectivity index (χ1) is 8.19. The van der Waals surface area contributed by atoms with Crippen LogP contribution in [-0.2, 0) is 11.3 Å². The lowest BCUT2D eigenvalue weighted by Gasteiger charge is -2.27. The van der Waals surface area contributed by atoms with Crippen LogP contribution in [0.15, 0.2) is 18.5 Å². The number of ether oxygens (including phenoxy) is 1. The van der Waals surface area contributed by atoms with Crippen LogP contribution in [0.1, 0.15) is 19.4 Å². The van der Waals surface area contributed by atoms with Crippen LogP contribution in [0.5, 0.6) is 0 Å². The lowest BCUT2D eigenvalue weighted by Crippen LogP contribution is -2.31. The Labute approximate surface area is 103 Å². The van der Waals surface area contributed by atoms with Gasteiger partial charge in [-0.25, -0.2) is 0 Å². The molecule has 0 aliphatic rings. The molecule has 0 unspecified atom stereocenters. The number of anilines is 1. The summed E-state index contributed by atoms with van der Waals surface area (Å²) in [6, 6.07) is 1.86. The van der Waals surface area contributed by atoms with Crippen molar-refractivity contribution in [1.82, 2.24) is 4.98 Å². The van der Waals surface area contributed by atoms with Crippen molar-refractivity contribution < 1.29 is 9.84 Å². The molecule has 4 heteroatoms. The van der Waals surface area contributed by atoms with Crippen LogP contribution in [0.25, 0.3) is 0 Å². The van der Waals surface area contributed by atoms with E-state index in [-0.39, 0.29) is 6.61 Å². The fraction of sp³-hybridized carbons (Fsp3) is 0.615. The summed E-state index contributed by atoms with van der Waals surface area (Å²) in [5, 5.41) is 9.34. The lowest BCUT2D eigenvalue weighted by molar-refractivity contribution is 0.204. The minimum Gasteiger partial charge on any atom is -0.392 e. The zero-order valence-corrected chi connectivity index (χ0v) is 10.9. The first kappa shape index (κ1) is 13.9. The summed E-state index contributed by atoms with van der Waals surface area (Å²) in [5.74, 6) is 0.554. The Balaban J connectivity index is 2.86. The molecule has 0 atom stereocenters. The van der Waals surface area contributed by atoms with Crippen LogP contribution in [-0.4, -0.2) is 36.9 Å². The van der Waals surface area contributed by atoms with E-state index in [0.29, 0.717) is 12.5 Å². The van der Waals surface area contributed by atoms with Crippen LogP contribution in [0, 0.1) is 5.92 Å². The molecule has 1 rings (SSSR count). The van der Waals surface area contributed by atoms with Gasteiger partial charge in [0, 0.05) is 32.0 Å². The highest BCUT2D eigenvalue weighted by atomic mass is 16.5. The average Bonchev–Trinajstić information content (AvgIpc) is 2.34. The van der Waals surface area contributed by atoms with E-state index in [0.717, 1.165) is 24.3 Å². The first-order valence-corrected chi connectivity index (χ1v) is 5.96. The van der Waals surface area contributed by atoms with Gasteiger partial charge in [0.1, 0.15) is 0 Å². The molecule has 1 N–H and O–H groups in total. The summed E-state index contributed by atoms with van der Waals surface area (Å²) < 4.78 is 5.12. The Morgan fingerprint density at radius 1 is 1.47 bits per heavy atom. The van der Waals surface area contributed by atoms with Crippen molar-refractivity contribution in [2.45, 2.75) is 20.5 Å². The molecular formula is C13H22N2O2. The van der Waals surface area contributed by atoms with E-state index < -0.39 is 0 Å². The van der Waals surface area contributed by atoms with Crippen LogP contribution in [0.3, 0.4) is 0 Å². The van der Waals surface area contributed by atoms with E-state index in [1.807, 2.05) is 12.3 Å². The molecule has 0 aliphatic carbocycles. The Morgan fingerprint density at radius 2 is 2.24 bits per heavy atom. The molecule has 0 amide bonds. The molecule has 4 nitrogen and oxygen atoms in total. The molecule has 0 saturated heterocycles. The monoisotopic (exact) mass is 238 g/mol. The Hall–Kier alpha value is -1.13. The van der Waals surface area contributed by atoms with Crippen LogP contribution < -0.4 is 4.90 Å². The Kier molecular flexibility index (Phi) is 5.94. The molecule has 0 spiro atoms. The van der Waals surface area contributed by atoms with E-state index in [4.69, 9.17) is 4.74 Å². The SMILES string of the molecule is COCCN(CC(C)C)c1cnccc1CO. The third kappa shape index (κ3) is 4.32. The number of hydrogen-bond acceptors (Lipinski definition) is 4. The minimum atomic E-state index is 0.0411. The highest BCUT2D eigenvalue weighted by molar-refractivity contribution is 5.51. The lowest BCUT2D eigenvalue weighted by atomic mass is 10.1. The normalized spacial score (nSPS) is 10.9. The van der Waals surface area contributed by atoms with E-state index >= 15 is 0 Å². The van der Waals surface area contributed by atoms with Gasteiger partial charge < -0.3 is 14.7 Å². The third-order valence-electron chi connectivity index (χ3n) is 2.55. The van der Waals surface area contributed by atoms with Gasteiger partial charge in [0.05, 0.1) is 25.1 Å². The van der Waals surface area contributed by atoms with Crippen molar-refractivity contribution >= 4 is 5.69 Å². The molecule has 0 bridgehead atoms. The zero-order chi connectivity index (χ0) is 12.7. The van der Waals surface area contributed by atoms with Gasteiger partial charge in [-0.1, -0.05) is 13.8 Å². The maximum atomic E-state index is 9.34. The quantitative estimate of drug-likeness (QED) is 0.785. The number of methoxy groups -OCH3 is 1. The number of hydrogen-bond donors (Lipinski definition) is 1. The molecular weight excluding hydrogens is 216 g/mol. The smallest absolute Gasteiger partial charge is 0.0703 e. The predicted molar refractivity (Wildman–Crippen MR) is 69.1 cm³/mol. The van der Waals surface area contributed by atoms with Gasteiger partial charge in [-0.05, 0) is 12.0 Å². The molecule has 0 fully saturated rings. The number of aromatic nitrogens is 1. The standard InChI is InChI=1S/C13H22N2O2/c1-11(2)9-15(6-7-17-3)13-8-14-5-4-12(13)10-16/h4-5,8,11,16H,6-7,9-10H2,1-3H3. The predicted octanol–water partition coefficient (Wildman–Crippen LogP) is 1.68. The first-order valence-electron chi connectivity index (χ1n) is 5.96. The maximum Gasteiger partial charge on any atom is 0.0703 e. The van der Waals surface area contributed by atoms with Gasteiger partial charge in [0.2, 0.25) is 0 Å². The number of aliphatic hydroxyl groups excluding tert-OH is 1. The van der Waals surface area contributed by atoms with Crippen LogP contribution >= 0.6 is 0 Å². The summed E-state index contributed by atoms with van der Waals surface area (Å²) >= 11 is 0. The number of pyridine rings is 1. The largest absolute Gasteiger partial charge is 0.392 e. The molecule has 0 aromatic carbocycles. The number of rotatable bonds is 7. The van der Waals surface area contributed by atoms with Crippen molar-refractivity contribution in [1.29, 1.82) is 0 Å². The zero-order valence-electron chi connectivity index (χ0n) is 10.9. The van der Waals surface area contributed by atoms with E-state index in [9.17, 15) is 5.11 Å². The minimum absolute atomic E-state index is 0.0411. The van der Waals surface area contributed by atoms with Gasteiger partial charge in [0.25, 0.3) is 0 Å².